The summed E-state index contributed by atoms with van der Waals surface area (Å²) in [5.41, 5.74) is 2.46. The van der Waals surface area contributed by atoms with E-state index in [1.165, 1.54) is 0 Å². The van der Waals surface area contributed by atoms with Crippen molar-refractivity contribution in [1.29, 1.82) is 0 Å². The summed E-state index contributed by atoms with van der Waals surface area (Å²) in [5.74, 6) is 0.436. The third-order valence-electron chi connectivity index (χ3n) is 5.06. The molecule has 0 radical (unpaired) electrons. The van der Waals surface area contributed by atoms with Gasteiger partial charge in [-0.2, -0.15) is 0 Å². The smallest absolute Gasteiger partial charge is 0.277 e. The van der Waals surface area contributed by atoms with Gasteiger partial charge in [-0.1, -0.05) is 59.9 Å². The Morgan fingerprint density at radius 1 is 1.19 bits per heavy atom. The molecule has 0 fully saturated rings. The fraction of sp³-hybridized carbons (Fsp3) is 0.125. The van der Waals surface area contributed by atoms with Crippen LogP contribution in [0.15, 0.2) is 84.8 Å². The van der Waals surface area contributed by atoms with Gasteiger partial charge in [0.25, 0.3) is 5.91 Å². The maximum absolute atomic E-state index is 12.7. The minimum Gasteiger partial charge on any atom is -0.489 e. The van der Waals surface area contributed by atoms with Gasteiger partial charge in [-0.25, -0.2) is 4.98 Å². The van der Waals surface area contributed by atoms with E-state index in [0.29, 0.717) is 12.3 Å². The highest BCUT2D eigenvalue weighted by molar-refractivity contribution is 7.80. The normalized spacial score (nSPS) is 15.5. The summed E-state index contributed by atoms with van der Waals surface area (Å²) < 4.78 is 8.94. The average molecular weight is 461 g/mol. The van der Waals surface area contributed by atoms with Crippen LogP contribution in [0.1, 0.15) is 22.5 Å². The van der Waals surface area contributed by atoms with Crippen molar-refractivity contribution < 1.29 is 9.53 Å². The maximum atomic E-state index is 12.7. The number of hydrogen-bond acceptors (Lipinski definition) is 5. The molecule has 5 rings (SSSR count). The molecule has 2 aromatic heterocycles. The number of ether oxygens (including phenoxy) is 1. The summed E-state index contributed by atoms with van der Waals surface area (Å²) in [6, 6.07) is 17.9. The summed E-state index contributed by atoms with van der Waals surface area (Å²) in [6.07, 6.45) is 8.44. The number of benzene rings is 2. The standard InChI is InChI=1S/C24H20N4O2S2/c29-22(19-14-28-20-11-4-5-12-21(20)32-24(28)26-19)27-23(31)25-17-9-6-10-18(13-17)30-15-16-7-2-1-3-8-16/h1-8,10-14,17H,9,15H2,(H2,25,27,29,31). The van der Waals surface area contributed by atoms with Crippen LogP contribution in [-0.4, -0.2) is 26.4 Å². The Labute approximate surface area is 194 Å². The molecule has 1 aliphatic carbocycles. The number of carbonyl (C=O) groups is 1. The maximum Gasteiger partial charge on any atom is 0.277 e. The van der Waals surface area contributed by atoms with E-state index in [9.17, 15) is 4.79 Å². The molecule has 1 amide bonds. The van der Waals surface area contributed by atoms with Crippen molar-refractivity contribution in [1.82, 2.24) is 20.0 Å². The molecule has 2 aromatic carbocycles. The fourth-order valence-electron chi connectivity index (χ4n) is 3.52. The highest BCUT2D eigenvalue weighted by Gasteiger charge is 2.17. The molecule has 1 atom stereocenters. The summed E-state index contributed by atoms with van der Waals surface area (Å²) in [6.45, 7) is 0.497. The molecular weight excluding hydrogens is 440 g/mol. The molecule has 0 spiro atoms. The fourth-order valence-corrected chi connectivity index (χ4v) is 4.77. The van der Waals surface area contributed by atoms with Gasteiger partial charge in [0.1, 0.15) is 18.1 Å². The lowest BCUT2D eigenvalue weighted by molar-refractivity contribution is 0.0972. The zero-order valence-electron chi connectivity index (χ0n) is 17.0. The van der Waals surface area contributed by atoms with Crippen LogP contribution in [0.2, 0.25) is 0 Å². The molecule has 1 unspecified atom stereocenters. The Bertz CT molecular complexity index is 1350. The van der Waals surface area contributed by atoms with Crippen LogP contribution in [0.25, 0.3) is 15.2 Å². The van der Waals surface area contributed by atoms with E-state index in [1.54, 1.807) is 17.5 Å². The molecule has 2 N–H and O–H groups in total. The molecule has 0 saturated carbocycles. The molecule has 0 bridgehead atoms. The van der Waals surface area contributed by atoms with E-state index >= 15 is 0 Å². The average Bonchev–Trinajstić information content (AvgIpc) is 3.37. The first-order valence-corrected chi connectivity index (χ1v) is 11.4. The van der Waals surface area contributed by atoms with Crippen LogP contribution >= 0.6 is 23.6 Å². The van der Waals surface area contributed by atoms with Crippen molar-refractivity contribution in [2.24, 2.45) is 0 Å². The van der Waals surface area contributed by atoms with Crippen LogP contribution in [0, 0.1) is 0 Å². The highest BCUT2D eigenvalue weighted by atomic mass is 32.1. The Hall–Kier alpha value is -3.49. The van der Waals surface area contributed by atoms with Crippen LogP contribution in [0.4, 0.5) is 0 Å². The molecule has 0 saturated heterocycles. The molecule has 32 heavy (non-hydrogen) atoms. The summed E-state index contributed by atoms with van der Waals surface area (Å²) in [4.78, 5) is 17.9. The second-order valence-corrected chi connectivity index (χ2v) is 8.78. The van der Waals surface area contributed by atoms with E-state index in [2.05, 4.69) is 15.6 Å². The van der Waals surface area contributed by atoms with E-state index in [0.717, 1.165) is 32.9 Å². The van der Waals surface area contributed by atoms with Gasteiger partial charge in [-0.15, -0.1) is 0 Å². The monoisotopic (exact) mass is 460 g/mol. The highest BCUT2D eigenvalue weighted by Crippen LogP contribution is 2.25. The number of imidazole rings is 1. The Morgan fingerprint density at radius 2 is 2.00 bits per heavy atom. The van der Waals surface area contributed by atoms with E-state index in [1.807, 2.05) is 77.2 Å². The van der Waals surface area contributed by atoms with Gasteiger partial charge in [0.15, 0.2) is 10.1 Å². The minimum absolute atomic E-state index is 0.0620. The molecule has 160 valence electrons. The van der Waals surface area contributed by atoms with Crippen molar-refractivity contribution in [3.8, 4) is 0 Å². The van der Waals surface area contributed by atoms with Crippen molar-refractivity contribution in [2.45, 2.75) is 19.1 Å². The summed E-state index contributed by atoms with van der Waals surface area (Å²) in [7, 11) is 0. The van der Waals surface area contributed by atoms with Gasteiger partial charge in [0.2, 0.25) is 0 Å². The van der Waals surface area contributed by atoms with Crippen LogP contribution in [0.5, 0.6) is 0 Å². The topological polar surface area (TPSA) is 67.7 Å². The minimum atomic E-state index is -0.335. The SMILES string of the molecule is O=C(NC(=S)NC1C=C(OCc2ccccc2)C=CC1)c1cn2c(n1)sc1ccccc12. The summed E-state index contributed by atoms with van der Waals surface area (Å²) in [5, 5.41) is 6.16. The molecular formula is C24H20N4O2S2. The van der Waals surface area contributed by atoms with Gasteiger partial charge < -0.3 is 10.1 Å². The molecule has 0 aliphatic heterocycles. The number of fused-ring (bicyclic) bond motifs is 3. The van der Waals surface area contributed by atoms with Crippen LogP contribution in [-0.2, 0) is 11.3 Å². The van der Waals surface area contributed by atoms with E-state index in [4.69, 9.17) is 17.0 Å². The molecule has 4 aromatic rings. The third-order valence-corrected chi connectivity index (χ3v) is 6.32. The van der Waals surface area contributed by atoms with E-state index < -0.39 is 0 Å². The number of allylic oxidation sites excluding steroid dienone is 1. The van der Waals surface area contributed by atoms with Crippen molar-refractivity contribution >= 4 is 49.8 Å². The van der Waals surface area contributed by atoms with Crippen molar-refractivity contribution in [2.75, 3.05) is 0 Å². The predicted octanol–water partition coefficient (Wildman–Crippen LogP) is 4.58. The molecule has 1 aliphatic rings. The van der Waals surface area contributed by atoms with E-state index in [-0.39, 0.29) is 17.1 Å². The van der Waals surface area contributed by atoms with Gasteiger partial charge in [-0.3, -0.25) is 14.5 Å². The largest absolute Gasteiger partial charge is 0.489 e. The number of aromatic nitrogens is 2. The van der Waals surface area contributed by atoms with Crippen LogP contribution < -0.4 is 10.6 Å². The molecule has 6 nitrogen and oxygen atoms in total. The Morgan fingerprint density at radius 3 is 2.88 bits per heavy atom. The predicted molar refractivity (Wildman–Crippen MR) is 131 cm³/mol. The summed E-state index contributed by atoms with van der Waals surface area (Å²) >= 11 is 6.90. The number of nitrogens with one attached hydrogen (secondary N) is 2. The van der Waals surface area contributed by atoms with Crippen LogP contribution in [0.3, 0.4) is 0 Å². The van der Waals surface area contributed by atoms with Crippen molar-refractivity contribution in [3.05, 3.63) is 96.0 Å². The lowest BCUT2D eigenvalue weighted by atomic mass is 10.1. The Kier molecular flexibility index (Phi) is 5.70. The Balaban J connectivity index is 1.19. The first-order chi connectivity index (χ1) is 15.7. The second-order valence-electron chi connectivity index (χ2n) is 7.36. The van der Waals surface area contributed by atoms with Gasteiger partial charge in [0.05, 0.1) is 16.3 Å². The lowest BCUT2D eigenvalue weighted by Crippen LogP contribution is -2.44. The quantitative estimate of drug-likeness (QED) is 0.427. The van der Waals surface area contributed by atoms with Crippen molar-refractivity contribution in [3.63, 3.8) is 0 Å². The number of thiazole rings is 1. The molecule has 2 heterocycles. The molecule has 8 heteroatoms. The number of hydrogen-bond donors (Lipinski definition) is 2. The number of nitrogens with zero attached hydrogens (tertiary/aromatic N) is 2. The zero-order chi connectivity index (χ0) is 21.9. The number of para-hydroxylation sites is 1. The van der Waals surface area contributed by atoms with Gasteiger partial charge in [0, 0.05) is 6.20 Å². The first kappa shape index (κ1) is 20.4. The lowest BCUT2D eigenvalue weighted by Gasteiger charge is -2.20. The van der Waals surface area contributed by atoms with Gasteiger partial charge in [-0.05, 0) is 48.5 Å². The second kappa shape index (κ2) is 8.94. The number of carbonyl (C=O) groups excluding carboxylic acids is 1. The number of thiocarbonyl (C=S) groups is 1. The number of rotatable bonds is 5. The third kappa shape index (κ3) is 4.42. The van der Waals surface area contributed by atoms with Gasteiger partial charge >= 0.3 is 0 Å². The zero-order valence-corrected chi connectivity index (χ0v) is 18.7. The number of amides is 1. The first-order valence-electron chi connectivity index (χ1n) is 10.2.